The summed E-state index contributed by atoms with van der Waals surface area (Å²) in [6.07, 6.45) is 70.5. The highest BCUT2D eigenvalue weighted by Gasteiger charge is 2.20. The Morgan fingerprint density at radius 1 is 0.412 bits per heavy atom. The van der Waals surface area contributed by atoms with Gasteiger partial charge in [0.05, 0.1) is 25.4 Å². The Labute approximate surface area is 424 Å². The van der Waals surface area contributed by atoms with E-state index in [2.05, 4.69) is 43.5 Å². The number of ether oxygens (including phenoxy) is 1. The van der Waals surface area contributed by atoms with Crippen LogP contribution in [0.5, 0.6) is 0 Å². The highest BCUT2D eigenvalue weighted by Crippen LogP contribution is 2.18. The van der Waals surface area contributed by atoms with Gasteiger partial charge in [0.15, 0.2) is 0 Å². The van der Waals surface area contributed by atoms with Gasteiger partial charge in [0.25, 0.3) is 0 Å². The molecular formula is C62H119NO5. The minimum absolute atomic E-state index is 0.00273. The van der Waals surface area contributed by atoms with Gasteiger partial charge in [-0.1, -0.05) is 295 Å². The first-order valence-electron chi connectivity index (χ1n) is 30.6. The summed E-state index contributed by atoms with van der Waals surface area (Å²) in [6, 6.07) is -0.538. The lowest BCUT2D eigenvalue weighted by Crippen LogP contribution is -2.45. The lowest BCUT2D eigenvalue weighted by Gasteiger charge is -2.22. The molecule has 0 aromatic carbocycles. The van der Waals surface area contributed by atoms with E-state index in [1.807, 2.05) is 0 Å². The van der Waals surface area contributed by atoms with Gasteiger partial charge in [0.1, 0.15) is 0 Å². The van der Waals surface area contributed by atoms with Crippen molar-refractivity contribution in [2.75, 3.05) is 13.2 Å². The highest BCUT2D eigenvalue weighted by atomic mass is 16.5. The molecule has 0 saturated heterocycles. The minimum atomic E-state index is -0.661. The van der Waals surface area contributed by atoms with Gasteiger partial charge < -0.3 is 20.3 Å². The number of aliphatic hydroxyl groups excluding tert-OH is 2. The first-order chi connectivity index (χ1) is 33.5. The molecule has 6 nitrogen and oxygen atoms in total. The van der Waals surface area contributed by atoms with Gasteiger partial charge in [-0.2, -0.15) is 0 Å². The number of amides is 1. The summed E-state index contributed by atoms with van der Waals surface area (Å²) in [5, 5.41) is 23.2. The fourth-order valence-corrected chi connectivity index (χ4v) is 9.54. The monoisotopic (exact) mass is 958 g/mol. The van der Waals surface area contributed by atoms with Crippen LogP contribution in [0, 0.1) is 0 Å². The van der Waals surface area contributed by atoms with E-state index >= 15 is 0 Å². The van der Waals surface area contributed by atoms with Gasteiger partial charge in [-0.15, -0.1) is 0 Å². The number of rotatable bonds is 57. The van der Waals surface area contributed by atoms with Gasteiger partial charge in [-0.3, -0.25) is 9.59 Å². The molecule has 2 atom stereocenters. The van der Waals surface area contributed by atoms with Crippen molar-refractivity contribution in [1.29, 1.82) is 0 Å². The molecule has 0 aliphatic carbocycles. The first kappa shape index (κ1) is 66.3. The van der Waals surface area contributed by atoms with Crippen LogP contribution in [0.4, 0.5) is 0 Å². The Bertz CT molecular complexity index is 1060. The van der Waals surface area contributed by atoms with Gasteiger partial charge >= 0.3 is 5.97 Å². The smallest absolute Gasteiger partial charge is 0.305 e. The molecular weight excluding hydrogens is 839 g/mol. The van der Waals surface area contributed by atoms with Crippen LogP contribution in [0.2, 0.25) is 0 Å². The summed E-state index contributed by atoms with van der Waals surface area (Å²) in [4.78, 5) is 24.5. The van der Waals surface area contributed by atoms with Crippen molar-refractivity contribution < 1.29 is 24.5 Å². The topological polar surface area (TPSA) is 95.9 Å². The first-order valence-corrected chi connectivity index (χ1v) is 30.6. The van der Waals surface area contributed by atoms with E-state index in [-0.39, 0.29) is 18.5 Å². The molecule has 0 aromatic rings. The van der Waals surface area contributed by atoms with Crippen molar-refractivity contribution in [3.8, 4) is 0 Å². The van der Waals surface area contributed by atoms with E-state index in [9.17, 15) is 19.8 Å². The molecule has 0 fully saturated rings. The normalized spacial score (nSPS) is 12.7. The van der Waals surface area contributed by atoms with E-state index in [0.29, 0.717) is 25.9 Å². The molecule has 3 N–H and O–H groups in total. The molecule has 2 unspecified atom stereocenters. The second kappa shape index (κ2) is 57.9. The average molecular weight is 959 g/mol. The predicted octanol–water partition coefficient (Wildman–Crippen LogP) is 19.0. The van der Waals surface area contributed by atoms with Crippen molar-refractivity contribution in [3.05, 3.63) is 24.3 Å². The molecule has 0 heterocycles. The highest BCUT2D eigenvalue weighted by molar-refractivity contribution is 5.76. The molecule has 0 aliphatic rings. The molecule has 0 aromatic heterocycles. The van der Waals surface area contributed by atoms with Gasteiger partial charge in [0, 0.05) is 12.8 Å². The van der Waals surface area contributed by atoms with Crippen LogP contribution in [0.3, 0.4) is 0 Å². The van der Waals surface area contributed by atoms with Gasteiger partial charge in [-0.25, -0.2) is 0 Å². The SMILES string of the molecule is CCCC/C=C\C/C=C\CCCCCCCC(=O)OCCCCCCCCCCCCCCCCCCCCCCCCCCCCC(=O)NC(CO)C(O)CCCCCCCCCCCCC. The third-order valence-electron chi connectivity index (χ3n) is 14.3. The van der Waals surface area contributed by atoms with E-state index in [0.717, 1.165) is 51.4 Å². The number of hydrogen-bond acceptors (Lipinski definition) is 5. The van der Waals surface area contributed by atoms with Crippen molar-refractivity contribution in [1.82, 2.24) is 5.32 Å². The summed E-state index contributed by atoms with van der Waals surface area (Å²) in [5.41, 5.74) is 0. The summed E-state index contributed by atoms with van der Waals surface area (Å²) >= 11 is 0. The molecule has 1 amide bonds. The summed E-state index contributed by atoms with van der Waals surface area (Å²) in [6.45, 7) is 4.91. The second-order valence-corrected chi connectivity index (χ2v) is 21.0. The van der Waals surface area contributed by atoms with E-state index in [4.69, 9.17) is 4.74 Å². The third-order valence-corrected chi connectivity index (χ3v) is 14.3. The van der Waals surface area contributed by atoms with Crippen LogP contribution < -0.4 is 5.32 Å². The second-order valence-electron chi connectivity index (χ2n) is 21.0. The fourth-order valence-electron chi connectivity index (χ4n) is 9.54. The zero-order valence-electron chi connectivity index (χ0n) is 45.9. The Kier molecular flexibility index (Phi) is 56.5. The number of hydrogen-bond donors (Lipinski definition) is 3. The van der Waals surface area contributed by atoms with E-state index in [1.54, 1.807) is 0 Å². The van der Waals surface area contributed by atoms with Crippen molar-refractivity contribution in [3.63, 3.8) is 0 Å². The Hall–Kier alpha value is -1.66. The number of aliphatic hydroxyl groups is 2. The standard InChI is InChI=1S/C62H119NO5/c1-3-5-7-9-11-13-15-16-32-36-40-44-48-52-56-62(67)68-57-53-49-45-41-37-33-30-28-26-24-22-20-18-17-19-21-23-25-27-29-31-35-39-43-47-51-55-61(66)63-59(58-64)60(65)54-50-46-42-38-34-14-12-10-8-6-4-2/h9,11,15-16,59-60,64-65H,3-8,10,12-14,17-58H2,1-2H3,(H,63,66)/b11-9-,16-15-. The van der Waals surface area contributed by atoms with Crippen LogP contribution >= 0.6 is 0 Å². The predicted molar refractivity (Wildman–Crippen MR) is 296 cm³/mol. The van der Waals surface area contributed by atoms with Gasteiger partial charge in [-0.05, 0) is 51.4 Å². The number of esters is 1. The molecule has 0 aliphatic heterocycles. The van der Waals surface area contributed by atoms with Crippen LogP contribution in [0.1, 0.15) is 335 Å². The van der Waals surface area contributed by atoms with Crippen LogP contribution in [-0.4, -0.2) is 47.4 Å². The van der Waals surface area contributed by atoms with Crippen molar-refractivity contribution in [2.24, 2.45) is 0 Å². The molecule has 0 radical (unpaired) electrons. The molecule has 0 bridgehead atoms. The lowest BCUT2D eigenvalue weighted by molar-refractivity contribution is -0.143. The Morgan fingerprint density at radius 3 is 1.16 bits per heavy atom. The fraction of sp³-hybridized carbons (Fsp3) is 0.903. The van der Waals surface area contributed by atoms with Crippen molar-refractivity contribution in [2.45, 2.75) is 347 Å². The number of nitrogens with one attached hydrogen (secondary N) is 1. The zero-order valence-corrected chi connectivity index (χ0v) is 45.9. The molecule has 6 heteroatoms. The zero-order chi connectivity index (χ0) is 49.3. The molecule has 0 spiro atoms. The molecule has 0 saturated carbocycles. The number of unbranched alkanes of at least 4 members (excludes halogenated alkanes) is 42. The third kappa shape index (κ3) is 53.7. The maximum absolute atomic E-state index is 12.4. The Morgan fingerprint density at radius 2 is 0.750 bits per heavy atom. The summed E-state index contributed by atoms with van der Waals surface area (Å²) in [7, 11) is 0. The molecule has 0 rings (SSSR count). The minimum Gasteiger partial charge on any atom is -0.466 e. The Balaban J connectivity index is 3.33. The summed E-state index contributed by atoms with van der Waals surface area (Å²) in [5.74, 6) is -0.0301. The maximum Gasteiger partial charge on any atom is 0.305 e. The molecule has 402 valence electrons. The van der Waals surface area contributed by atoms with E-state index in [1.165, 1.54) is 250 Å². The quantitative estimate of drug-likeness (QED) is 0.0321. The molecule has 68 heavy (non-hydrogen) atoms. The largest absolute Gasteiger partial charge is 0.466 e. The number of carbonyl (C=O) groups excluding carboxylic acids is 2. The average Bonchev–Trinajstić information content (AvgIpc) is 3.34. The van der Waals surface area contributed by atoms with Crippen LogP contribution in [0.25, 0.3) is 0 Å². The van der Waals surface area contributed by atoms with E-state index < -0.39 is 12.1 Å². The lowest BCUT2D eigenvalue weighted by atomic mass is 10.0. The maximum atomic E-state index is 12.4. The summed E-state index contributed by atoms with van der Waals surface area (Å²) < 4.78 is 5.47. The van der Waals surface area contributed by atoms with Crippen molar-refractivity contribution >= 4 is 11.9 Å². The number of allylic oxidation sites excluding steroid dienone is 4. The van der Waals surface area contributed by atoms with Crippen LogP contribution in [0.15, 0.2) is 24.3 Å². The van der Waals surface area contributed by atoms with Crippen LogP contribution in [-0.2, 0) is 14.3 Å². The van der Waals surface area contributed by atoms with Gasteiger partial charge in [0.2, 0.25) is 5.91 Å². The number of carbonyl (C=O) groups is 2.